The van der Waals surface area contributed by atoms with Gasteiger partial charge in [0.2, 0.25) is 5.91 Å². The van der Waals surface area contributed by atoms with Crippen molar-refractivity contribution in [1.82, 2.24) is 10.7 Å². The standard InChI is InChI=1S/C28H31N3O5/c1-18-26-21(30-31-25(32)17-19-8-5-4-6-9-19)10-7-11-23(26)36-27(18)28(33)29-15-14-20-12-13-22(34-2)24(16-20)35-3/h4-6,8-9,12-13,16H,7,10-11,14-15,17H2,1-3H3,(H,29,33)(H,31,32)/b30-21+. The Hall–Kier alpha value is -4.07. The molecule has 0 saturated heterocycles. The average Bonchev–Trinajstić information content (AvgIpc) is 3.25. The van der Waals surface area contributed by atoms with Crippen molar-refractivity contribution in [3.63, 3.8) is 0 Å². The number of furan rings is 1. The number of amides is 2. The van der Waals surface area contributed by atoms with Crippen molar-refractivity contribution < 1.29 is 23.5 Å². The third-order valence-electron chi connectivity index (χ3n) is 6.20. The molecule has 0 saturated carbocycles. The SMILES string of the molecule is COc1ccc(CCNC(=O)c2oc3c(c2C)/C(=N/NC(=O)Cc2ccccc2)CCC3)cc1OC. The van der Waals surface area contributed by atoms with Crippen molar-refractivity contribution in [3.05, 3.63) is 82.3 Å². The first-order chi connectivity index (χ1) is 17.5. The number of hydrogen-bond donors (Lipinski definition) is 2. The Morgan fingerprint density at radius 2 is 1.78 bits per heavy atom. The number of carbonyl (C=O) groups excluding carboxylic acids is 2. The van der Waals surface area contributed by atoms with E-state index >= 15 is 0 Å². The van der Waals surface area contributed by atoms with Crippen molar-refractivity contribution in [2.75, 3.05) is 20.8 Å². The average molecular weight is 490 g/mol. The second-order valence-electron chi connectivity index (χ2n) is 8.66. The van der Waals surface area contributed by atoms with Crippen LogP contribution in [0.1, 0.15) is 51.4 Å². The summed E-state index contributed by atoms with van der Waals surface area (Å²) in [5, 5.41) is 7.33. The van der Waals surface area contributed by atoms with Gasteiger partial charge in [0, 0.05) is 24.1 Å². The Kier molecular flexibility index (Phi) is 8.05. The summed E-state index contributed by atoms with van der Waals surface area (Å²) in [4.78, 5) is 25.3. The Morgan fingerprint density at radius 3 is 2.53 bits per heavy atom. The largest absolute Gasteiger partial charge is 0.493 e. The smallest absolute Gasteiger partial charge is 0.287 e. The lowest BCUT2D eigenvalue weighted by molar-refractivity contribution is -0.120. The Bertz CT molecular complexity index is 1260. The second kappa shape index (κ2) is 11.6. The molecule has 0 fully saturated rings. The number of hydrogen-bond acceptors (Lipinski definition) is 6. The van der Waals surface area contributed by atoms with E-state index in [1.165, 1.54) is 0 Å². The number of benzene rings is 2. The van der Waals surface area contributed by atoms with Gasteiger partial charge in [-0.05, 0) is 49.4 Å². The van der Waals surface area contributed by atoms with Crippen LogP contribution in [0.5, 0.6) is 11.5 Å². The highest BCUT2D eigenvalue weighted by molar-refractivity contribution is 6.06. The zero-order chi connectivity index (χ0) is 25.5. The lowest BCUT2D eigenvalue weighted by Gasteiger charge is -2.13. The van der Waals surface area contributed by atoms with Crippen molar-refractivity contribution in [2.24, 2.45) is 5.10 Å². The fourth-order valence-electron chi connectivity index (χ4n) is 4.38. The lowest BCUT2D eigenvalue weighted by Crippen LogP contribution is -2.26. The molecule has 0 atom stereocenters. The third-order valence-corrected chi connectivity index (χ3v) is 6.20. The molecule has 1 heterocycles. The van der Waals surface area contributed by atoms with E-state index in [4.69, 9.17) is 13.9 Å². The van der Waals surface area contributed by atoms with Crippen molar-refractivity contribution in [3.8, 4) is 11.5 Å². The fourth-order valence-corrected chi connectivity index (χ4v) is 4.38. The van der Waals surface area contributed by atoms with Crippen LogP contribution in [0.4, 0.5) is 0 Å². The number of carbonyl (C=O) groups is 2. The van der Waals surface area contributed by atoms with E-state index in [2.05, 4.69) is 15.8 Å². The van der Waals surface area contributed by atoms with Crippen LogP contribution in [-0.4, -0.2) is 38.3 Å². The minimum absolute atomic E-state index is 0.185. The van der Waals surface area contributed by atoms with E-state index in [1.807, 2.05) is 55.5 Å². The van der Waals surface area contributed by atoms with E-state index in [9.17, 15) is 9.59 Å². The van der Waals surface area contributed by atoms with Gasteiger partial charge in [0.1, 0.15) is 5.76 Å². The summed E-state index contributed by atoms with van der Waals surface area (Å²) in [6, 6.07) is 15.2. The van der Waals surface area contributed by atoms with E-state index in [-0.39, 0.29) is 24.0 Å². The van der Waals surface area contributed by atoms with Gasteiger partial charge in [0.25, 0.3) is 5.91 Å². The summed E-state index contributed by atoms with van der Waals surface area (Å²) < 4.78 is 16.6. The molecule has 8 nitrogen and oxygen atoms in total. The van der Waals surface area contributed by atoms with Crippen LogP contribution in [0, 0.1) is 6.92 Å². The summed E-state index contributed by atoms with van der Waals surface area (Å²) in [5.41, 5.74) is 6.91. The molecule has 0 radical (unpaired) electrons. The van der Waals surface area contributed by atoms with Crippen LogP contribution < -0.4 is 20.2 Å². The monoisotopic (exact) mass is 489 g/mol. The zero-order valence-electron chi connectivity index (χ0n) is 20.8. The molecule has 1 aliphatic carbocycles. The number of hydrazone groups is 1. The van der Waals surface area contributed by atoms with E-state index < -0.39 is 0 Å². The fraction of sp³-hybridized carbons (Fsp3) is 0.321. The quantitative estimate of drug-likeness (QED) is 0.443. The molecule has 36 heavy (non-hydrogen) atoms. The Labute approximate surface area is 210 Å². The summed E-state index contributed by atoms with van der Waals surface area (Å²) in [5.74, 6) is 1.89. The molecule has 188 valence electrons. The van der Waals surface area contributed by atoms with Crippen LogP contribution >= 0.6 is 0 Å². The maximum atomic E-state index is 12.9. The van der Waals surface area contributed by atoms with Crippen LogP contribution in [0.25, 0.3) is 0 Å². The normalized spacial score (nSPS) is 13.7. The number of nitrogens with zero attached hydrogens (tertiary/aromatic N) is 1. The molecule has 3 aromatic rings. The van der Waals surface area contributed by atoms with Crippen LogP contribution in [0.3, 0.4) is 0 Å². The van der Waals surface area contributed by atoms with Crippen molar-refractivity contribution >= 4 is 17.5 Å². The van der Waals surface area contributed by atoms with Gasteiger partial charge in [-0.2, -0.15) is 5.10 Å². The second-order valence-corrected chi connectivity index (χ2v) is 8.66. The van der Waals surface area contributed by atoms with Gasteiger partial charge >= 0.3 is 0 Å². The molecule has 4 rings (SSSR count). The predicted octanol–water partition coefficient (Wildman–Crippen LogP) is 3.98. The Morgan fingerprint density at radius 1 is 1.00 bits per heavy atom. The molecule has 2 N–H and O–H groups in total. The zero-order valence-corrected chi connectivity index (χ0v) is 20.8. The molecular formula is C28H31N3O5. The summed E-state index contributed by atoms with van der Waals surface area (Å²) in [6.07, 6.45) is 3.16. The maximum Gasteiger partial charge on any atom is 0.287 e. The minimum Gasteiger partial charge on any atom is -0.493 e. The number of ether oxygens (including phenoxy) is 2. The van der Waals surface area contributed by atoms with Crippen molar-refractivity contribution in [1.29, 1.82) is 0 Å². The predicted molar refractivity (Wildman–Crippen MR) is 137 cm³/mol. The van der Waals surface area contributed by atoms with Gasteiger partial charge in [-0.1, -0.05) is 36.4 Å². The van der Waals surface area contributed by atoms with Gasteiger partial charge in [-0.3, -0.25) is 9.59 Å². The first-order valence-electron chi connectivity index (χ1n) is 12.0. The van der Waals surface area contributed by atoms with Gasteiger partial charge in [0.05, 0.1) is 26.4 Å². The highest BCUT2D eigenvalue weighted by Crippen LogP contribution is 2.30. The highest BCUT2D eigenvalue weighted by Gasteiger charge is 2.28. The molecule has 0 unspecified atom stereocenters. The molecule has 2 aromatic carbocycles. The van der Waals surface area contributed by atoms with E-state index in [0.29, 0.717) is 30.9 Å². The number of rotatable bonds is 9. The van der Waals surface area contributed by atoms with E-state index in [1.54, 1.807) is 14.2 Å². The molecule has 0 spiro atoms. The van der Waals surface area contributed by atoms with Crippen LogP contribution in [0.15, 0.2) is 58.0 Å². The lowest BCUT2D eigenvalue weighted by atomic mass is 9.93. The number of fused-ring (bicyclic) bond motifs is 1. The summed E-state index contributed by atoms with van der Waals surface area (Å²) in [6.45, 7) is 2.30. The maximum absolute atomic E-state index is 12.9. The first kappa shape index (κ1) is 25.0. The van der Waals surface area contributed by atoms with Crippen LogP contribution in [0.2, 0.25) is 0 Å². The van der Waals surface area contributed by atoms with Gasteiger partial charge in [-0.25, -0.2) is 5.43 Å². The number of methoxy groups -OCH3 is 2. The molecule has 8 heteroatoms. The number of aryl methyl sites for hydroxylation is 1. The Balaban J connectivity index is 1.40. The van der Waals surface area contributed by atoms with Gasteiger partial charge < -0.3 is 19.2 Å². The molecule has 0 aliphatic heterocycles. The van der Waals surface area contributed by atoms with Crippen molar-refractivity contribution in [2.45, 2.75) is 39.0 Å². The third kappa shape index (κ3) is 5.76. The first-order valence-corrected chi connectivity index (χ1v) is 12.0. The minimum atomic E-state index is -0.269. The molecule has 1 aliphatic rings. The molecule has 0 bridgehead atoms. The van der Waals surface area contributed by atoms with Gasteiger partial charge in [0.15, 0.2) is 17.3 Å². The molecular weight excluding hydrogens is 458 g/mol. The van der Waals surface area contributed by atoms with Crippen LogP contribution in [-0.2, 0) is 24.1 Å². The topological polar surface area (TPSA) is 102 Å². The highest BCUT2D eigenvalue weighted by atomic mass is 16.5. The summed E-state index contributed by atoms with van der Waals surface area (Å²) >= 11 is 0. The van der Waals surface area contributed by atoms with Gasteiger partial charge in [-0.15, -0.1) is 0 Å². The number of nitrogens with one attached hydrogen (secondary N) is 2. The summed E-state index contributed by atoms with van der Waals surface area (Å²) in [7, 11) is 3.19. The molecule has 1 aromatic heterocycles. The van der Waals surface area contributed by atoms with E-state index in [0.717, 1.165) is 46.6 Å². The molecule has 2 amide bonds.